The van der Waals surface area contributed by atoms with E-state index in [1.54, 1.807) is 19.2 Å². The molecule has 0 aromatic heterocycles. The number of hydrogen-bond donors (Lipinski definition) is 1. The molecule has 3 nitrogen and oxygen atoms in total. The number of benzene rings is 1. The lowest BCUT2D eigenvalue weighted by Gasteiger charge is -2.21. The summed E-state index contributed by atoms with van der Waals surface area (Å²) in [5, 5.41) is 0. The molecule has 0 fully saturated rings. The summed E-state index contributed by atoms with van der Waals surface area (Å²) in [6.07, 6.45) is 0.590. The number of ether oxygens (including phenoxy) is 2. The van der Waals surface area contributed by atoms with E-state index in [0.717, 1.165) is 5.56 Å². The third-order valence-corrected chi connectivity index (χ3v) is 2.50. The van der Waals surface area contributed by atoms with E-state index in [-0.39, 0.29) is 5.54 Å². The van der Waals surface area contributed by atoms with Gasteiger partial charge >= 0.3 is 0 Å². The Morgan fingerprint density at radius 1 is 1.12 bits per heavy atom. The van der Waals surface area contributed by atoms with Gasteiger partial charge in [-0.1, -0.05) is 0 Å². The Morgan fingerprint density at radius 2 is 1.59 bits per heavy atom. The monoisotopic (exact) mass is 241 g/mol. The van der Waals surface area contributed by atoms with Crippen molar-refractivity contribution in [1.82, 2.24) is 0 Å². The normalized spacial score (nSPS) is 11.4. The number of nitrogens with two attached hydrogens (primary N) is 1. The van der Waals surface area contributed by atoms with Crippen LogP contribution in [0.5, 0.6) is 11.5 Å². The highest BCUT2D eigenvalue weighted by atomic mass is 19.1. The smallest absolute Gasteiger partial charge is 0.161 e. The van der Waals surface area contributed by atoms with E-state index in [0.29, 0.717) is 23.5 Å². The third-order valence-electron chi connectivity index (χ3n) is 2.50. The lowest BCUT2D eigenvalue weighted by Crippen LogP contribution is -2.34. The van der Waals surface area contributed by atoms with Crippen LogP contribution >= 0.6 is 0 Å². The van der Waals surface area contributed by atoms with Crippen LogP contribution in [0.3, 0.4) is 0 Å². The van der Waals surface area contributed by atoms with Crippen molar-refractivity contribution < 1.29 is 13.9 Å². The van der Waals surface area contributed by atoms with E-state index in [1.807, 2.05) is 13.8 Å². The van der Waals surface area contributed by atoms with Crippen LogP contribution in [0.1, 0.15) is 25.0 Å². The minimum Gasteiger partial charge on any atom is -0.493 e. The number of hydrogen-bond acceptors (Lipinski definition) is 3. The second-order valence-electron chi connectivity index (χ2n) is 4.77. The molecule has 0 aliphatic heterocycles. The van der Waals surface area contributed by atoms with Gasteiger partial charge in [-0.2, -0.15) is 0 Å². The molecule has 1 aromatic rings. The first-order chi connectivity index (χ1) is 7.91. The highest BCUT2D eigenvalue weighted by Gasteiger charge is 2.17. The summed E-state index contributed by atoms with van der Waals surface area (Å²) in [5.74, 6) is 1.14. The summed E-state index contributed by atoms with van der Waals surface area (Å²) < 4.78 is 23.3. The van der Waals surface area contributed by atoms with Crippen molar-refractivity contribution in [3.8, 4) is 11.5 Å². The topological polar surface area (TPSA) is 44.5 Å². The van der Waals surface area contributed by atoms with Crippen LogP contribution in [0.15, 0.2) is 12.1 Å². The molecule has 0 spiro atoms. The maximum Gasteiger partial charge on any atom is 0.161 e. The van der Waals surface area contributed by atoms with Crippen molar-refractivity contribution >= 4 is 0 Å². The molecule has 0 saturated heterocycles. The first-order valence-electron chi connectivity index (χ1n) is 5.50. The van der Waals surface area contributed by atoms with Crippen molar-refractivity contribution in [2.75, 3.05) is 14.2 Å². The molecular weight excluding hydrogens is 221 g/mol. The van der Waals surface area contributed by atoms with Crippen molar-refractivity contribution in [2.45, 2.75) is 32.5 Å². The van der Waals surface area contributed by atoms with Gasteiger partial charge in [0.2, 0.25) is 0 Å². The zero-order chi connectivity index (χ0) is 13.1. The SMILES string of the molecule is COc1cc(CF)c(CC(C)(C)N)cc1OC. The quantitative estimate of drug-likeness (QED) is 0.861. The maximum atomic E-state index is 13.0. The fourth-order valence-corrected chi connectivity index (χ4v) is 1.74. The molecule has 0 saturated carbocycles. The lowest BCUT2D eigenvalue weighted by atomic mass is 9.93. The van der Waals surface area contributed by atoms with Gasteiger partial charge in [-0.15, -0.1) is 0 Å². The minimum absolute atomic E-state index is 0.385. The van der Waals surface area contributed by atoms with E-state index in [9.17, 15) is 4.39 Å². The van der Waals surface area contributed by atoms with Crippen LogP contribution in [-0.2, 0) is 13.1 Å². The van der Waals surface area contributed by atoms with Gasteiger partial charge in [-0.05, 0) is 43.5 Å². The van der Waals surface area contributed by atoms with Crippen LogP contribution in [0.2, 0.25) is 0 Å². The van der Waals surface area contributed by atoms with E-state index < -0.39 is 6.67 Å². The molecule has 0 heterocycles. The molecule has 0 amide bonds. The standard InChI is InChI=1S/C13H20FNO2/c1-13(2,15)7-9-5-11(16-3)12(17-4)6-10(9)8-14/h5-6H,7-8,15H2,1-4H3. The zero-order valence-electron chi connectivity index (χ0n) is 10.8. The molecule has 4 heteroatoms. The Morgan fingerprint density at radius 3 is 1.94 bits per heavy atom. The molecule has 1 aromatic carbocycles. The van der Waals surface area contributed by atoms with E-state index in [4.69, 9.17) is 15.2 Å². The Labute approximate surface area is 102 Å². The molecule has 1 rings (SSSR count). The summed E-state index contributed by atoms with van der Waals surface area (Å²) in [7, 11) is 3.09. The fourth-order valence-electron chi connectivity index (χ4n) is 1.74. The van der Waals surface area contributed by atoms with Gasteiger partial charge in [0.25, 0.3) is 0 Å². The summed E-state index contributed by atoms with van der Waals surface area (Å²) in [6, 6.07) is 3.46. The molecule has 0 bridgehead atoms. The number of halogens is 1. The Hall–Kier alpha value is -1.29. The average Bonchev–Trinajstić information content (AvgIpc) is 2.26. The van der Waals surface area contributed by atoms with Gasteiger partial charge in [0.15, 0.2) is 11.5 Å². The summed E-state index contributed by atoms with van der Waals surface area (Å²) in [4.78, 5) is 0. The highest BCUT2D eigenvalue weighted by Crippen LogP contribution is 2.32. The second kappa shape index (κ2) is 5.36. The minimum atomic E-state index is -0.536. The Balaban J connectivity index is 3.19. The van der Waals surface area contributed by atoms with Crippen LogP contribution in [0, 0.1) is 0 Å². The Kier molecular flexibility index (Phi) is 4.34. The van der Waals surface area contributed by atoms with Crippen LogP contribution in [-0.4, -0.2) is 19.8 Å². The van der Waals surface area contributed by atoms with E-state index in [1.165, 1.54) is 7.11 Å². The van der Waals surface area contributed by atoms with Crippen LogP contribution in [0.25, 0.3) is 0 Å². The first kappa shape index (κ1) is 13.8. The summed E-state index contributed by atoms with van der Waals surface area (Å²) in [5.41, 5.74) is 7.03. The fraction of sp³-hybridized carbons (Fsp3) is 0.538. The van der Waals surface area contributed by atoms with Gasteiger partial charge in [-0.3, -0.25) is 0 Å². The molecule has 0 aliphatic carbocycles. The summed E-state index contributed by atoms with van der Waals surface area (Å²) in [6.45, 7) is 3.28. The molecule has 0 unspecified atom stereocenters. The summed E-state index contributed by atoms with van der Waals surface area (Å²) >= 11 is 0. The van der Waals surface area contributed by atoms with Crippen molar-refractivity contribution in [2.24, 2.45) is 5.73 Å². The van der Waals surface area contributed by atoms with Gasteiger partial charge in [0.1, 0.15) is 6.67 Å². The number of methoxy groups -OCH3 is 2. The third kappa shape index (κ3) is 3.60. The molecule has 0 aliphatic rings. The van der Waals surface area contributed by atoms with Crippen molar-refractivity contribution in [3.05, 3.63) is 23.3 Å². The average molecular weight is 241 g/mol. The Bertz CT molecular complexity index is 386. The molecule has 0 radical (unpaired) electrons. The van der Waals surface area contributed by atoms with Gasteiger partial charge in [-0.25, -0.2) is 4.39 Å². The number of rotatable bonds is 5. The van der Waals surface area contributed by atoms with Gasteiger partial charge < -0.3 is 15.2 Å². The second-order valence-corrected chi connectivity index (χ2v) is 4.77. The van der Waals surface area contributed by atoms with Gasteiger partial charge in [0, 0.05) is 5.54 Å². The van der Waals surface area contributed by atoms with E-state index >= 15 is 0 Å². The lowest BCUT2D eigenvalue weighted by molar-refractivity contribution is 0.352. The largest absolute Gasteiger partial charge is 0.493 e. The molecule has 17 heavy (non-hydrogen) atoms. The molecule has 0 atom stereocenters. The van der Waals surface area contributed by atoms with Crippen LogP contribution < -0.4 is 15.2 Å². The van der Waals surface area contributed by atoms with Crippen molar-refractivity contribution in [3.63, 3.8) is 0 Å². The van der Waals surface area contributed by atoms with Gasteiger partial charge in [0.05, 0.1) is 14.2 Å². The highest BCUT2D eigenvalue weighted by molar-refractivity contribution is 5.47. The zero-order valence-corrected chi connectivity index (χ0v) is 10.8. The van der Waals surface area contributed by atoms with Crippen LogP contribution in [0.4, 0.5) is 4.39 Å². The molecular formula is C13H20FNO2. The van der Waals surface area contributed by atoms with E-state index in [2.05, 4.69) is 0 Å². The first-order valence-corrected chi connectivity index (χ1v) is 5.50. The molecule has 96 valence electrons. The molecule has 2 N–H and O–H groups in total. The number of alkyl halides is 1. The maximum absolute atomic E-state index is 13.0. The predicted octanol–water partition coefficient (Wildman–Crippen LogP) is 2.45. The predicted molar refractivity (Wildman–Crippen MR) is 66.3 cm³/mol. The van der Waals surface area contributed by atoms with Crippen molar-refractivity contribution in [1.29, 1.82) is 0 Å².